The van der Waals surface area contributed by atoms with Gasteiger partial charge in [-0.2, -0.15) is 0 Å². The molecule has 1 heterocycles. The average molecular weight is 456 g/mol. The van der Waals surface area contributed by atoms with Crippen molar-refractivity contribution in [3.05, 3.63) is 99.3 Å². The van der Waals surface area contributed by atoms with Crippen LogP contribution in [0.15, 0.2) is 81.7 Å². The summed E-state index contributed by atoms with van der Waals surface area (Å²) >= 11 is 9.48. The molecule has 0 fully saturated rings. The second-order valence-electron chi connectivity index (χ2n) is 6.25. The summed E-state index contributed by atoms with van der Waals surface area (Å²) in [5, 5.41) is 9.02. The Balaban J connectivity index is 1.46. The van der Waals surface area contributed by atoms with Gasteiger partial charge in [0, 0.05) is 15.1 Å². The van der Waals surface area contributed by atoms with Crippen molar-refractivity contribution in [3.8, 4) is 17.2 Å². The molecule has 1 aromatic heterocycles. The van der Waals surface area contributed by atoms with Gasteiger partial charge in [-0.3, -0.25) is 0 Å². The Labute approximate surface area is 176 Å². The van der Waals surface area contributed by atoms with E-state index in [-0.39, 0.29) is 0 Å². The van der Waals surface area contributed by atoms with Crippen LogP contribution >= 0.6 is 27.5 Å². The van der Waals surface area contributed by atoms with Gasteiger partial charge in [0.1, 0.15) is 12.4 Å². The largest absolute Gasteiger partial charge is 0.489 e. The first-order valence-corrected chi connectivity index (χ1v) is 9.87. The molecule has 4 aromatic rings. The molecule has 6 heteroatoms. The topological polar surface area (TPSA) is 48.2 Å². The molecule has 0 amide bonds. The molecule has 0 aliphatic rings. The van der Waals surface area contributed by atoms with Gasteiger partial charge in [-0.05, 0) is 53.6 Å². The van der Waals surface area contributed by atoms with Crippen molar-refractivity contribution >= 4 is 27.5 Å². The van der Waals surface area contributed by atoms with Crippen LogP contribution in [0, 0.1) is 0 Å². The second-order valence-corrected chi connectivity index (χ2v) is 7.61. The molecule has 0 aliphatic heterocycles. The Morgan fingerprint density at radius 3 is 2.57 bits per heavy atom. The third-order valence-electron chi connectivity index (χ3n) is 4.09. The number of rotatable bonds is 6. The monoisotopic (exact) mass is 454 g/mol. The van der Waals surface area contributed by atoms with Gasteiger partial charge in [-0.25, -0.2) is 0 Å². The van der Waals surface area contributed by atoms with E-state index >= 15 is 0 Å². The van der Waals surface area contributed by atoms with Crippen LogP contribution < -0.4 is 4.74 Å². The summed E-state index contributed by atoms with van der Waals surface area (Å²) in [6.45, 7) is 0.452. The van der Waals surface area contributed by atoms with E-state index in [0.717, 1.165) is 26.9 Å². The highest BCUT2D eigenvalue weighted by Gasteiger charge is 2.10. The minimum atomic E-state index is 0.452. The minimum Gasteiger partial charge on any atom is -0.489 e. The maximum absolute atomic E-state index is 6.03. The van der Waals surface area contributed by atoms with E-state index in [1.165, 1.54) is 0 Å². The van der Waals surface area contributed by atoms with Crippen molar-refractivity contribution in [2.45, 2.75) is 13.0 Å². The van der Waals surface area contributed by atoms with Gasteiger partial charge in [-0.15, -0.1) is 10.2 Å². The molecule has 0 N–H and O–H groups in total. The van der Waals surface area contributed by atoms with Crippen LogP contribution in [0.5, 0.6) is 5.75 Å². The summed E-state index contributed by atoms with van der Waals surface area (Å²) in [6.07, 6.45) is 0.541. The lowest BCUT2D eigenvalue weighted by molar-refractivity contribution is 0.306. The van der Waals surface area contributed by atoms with Crippen LogP contribution in [0.25, 0.3) is 11.5 Å². The molecule has 0 saturated heterocycles. The molecule has 3 aromatic carbocycles. The summed E-state index contributed by atoms with van der Waals surface area (Å²) in [5.74, 6) is 1.84. The third kappa shape index (κ3) is 4.80. The average Bonchev–Trinajstić information content (AvgIpc) is 3.15. The van der Waals surface area contributed by atoms with Crippen molar-refractivity contribution in [3.63, 3.8) is 0 Å². The van der Waals surface area contributed by atoms with E-state index in [1.54, 1.807) is 0 Å². The molecule has 140 valence electrons. The first-order valence-electron chi connectivity index (χ1n) is 8.70. The van der Waals surface area contributed by atoms with Gasteiger partial charge in [0.15, 0.2) is 0 Å². The number of hydrogen-bond acceptors (Lipinski definition) is 4. The molecule has 4 nitrogen and oxygen atoms in total. The van der Waals surface area contributed by atoms with E-state index in [4.69, 9.17) is 20.8 Å². The summed E-state index contributed by atoms with van der Waals surface area (Å²) < 4.78 is 12.7. The Bertz CT molecular complexity index is 1100. The second kappa shape index (κ2) is 8.59. The lowest BCUT2D eigenvalue weighted by atomic mass is 10.1. The molecule has 0 spiro atoms. The fourth-order valence-electron chi connectivity index (χ4n) is 2.78. The van der Waals surface area contributed by atoms with Crippen molar-refractivity contribution in [1.29, 1.82) is 0 Å². The fourth-order valence-corrected chi connectivity index (χ4v) is 3.37. The molecule has 0 unspecified atom stereocenters. The first kappa shape index (κ1) is 18.7. The highest BCUT2D eigenvalue weighted by Crippen LogP contribution is 2.23. The predicted molar refractivity (Wildman–Crippen MR) is 112 cm³/mol. The number of hydrogen-bond donors (Lipinski definition) is 0. The highest BCUT2D eigenvalue weighted by molar-refractivity contribution is 9.10. The van der Waals surface area contributed by atoms with Gasteiger partial charge in [0.2, 0.25) is 11.8 Å². The standard InChI is InChI=1S/C22H16BrClN2O2/c23-18-7-3-9-20(13-18)27-14-16-5-1-6-17(10-16)22-26-25-21(28-22)12-15-4-2-8-19(24)11-15/h1-11,13H,12,14H2. The van der Waals surface area contributed by atoms with Gasteiger partial charge in [-0.1, -0.05) is 57.9 Å². The number of halogens is 2. The zero-order valence-electron chi connectivity index (χ0n) is 14.8. The van der Waals surface area contributed by atoms with Gasteiger partial charge in [0.25, 0.3) is 0 Å². The van der Waals surface area contributed by atoms with E-state index in [0.29, 0.717) is 29.8 Å². The number of ether oxygens (including phenoxy) is 1. The Morgan fingerprint density at radius 1 is 0.893 bits per heavy atom. The third-order valence-corrected chi connectivity index (χ3v) is 4.82. The summed E-state index contributed by atoms with van der Waals surface area (Å²) in [5.41, 5.74) is 2.91. The van der Waals surface area contributed by atoms with Crippen LogP contribution in [0.1, 0.15) is 17.0 Å². The van der Waals surface area contributed by atoms with Crippen molar-refractivity contribution in [2.24, 2.45) is 0 Å². The number of nitrogens with zero attached hydrogens (tertiary/aromatic N) is 2. The zero-order valence-corrected chi connectivity index (χ0v) is 17.2. The van der Waals surface area contributed by atoms with Crippen LogP contribution in [-0.2, 0) is 13.0 Å². The predicted octanol–water partition coefficient (Wildman–Crippen LogP) is 6.32. The van der Waals surface area contributed by atoms with Gasteiger partial charge in [0.05, 0.1) is 6.42 Å². The van der Waals surface area contributed by atoms with Gasteiger partial charge < -0.3 is 9.15 Å². The highest BCUT2D eigenvalue weighted by atomic mass is 79.9. The molecule has 0 bridgehead atoms. The van der Waals surface area contributed by atoms with Crippen LogP contribution in [0.3, 0.4) is 0 Å². The van der Waals surface area contributed by atoms with Crippen LogP contribution in [-0.4, -0.2) is 10.2 Å². The normalized spacial score (nSPS) is 10.8. The van der Waals surface area contributed by atoms with Crippen LogP contribution in [0.4, 0.5) is 0 Å². The van der Waals surface area contributed by atoms with Crippen molar-refractivity contribution in [2.75, 3.05) is 0 Å². The van der Waals surface area contributed by atoms with E-state index in [9.17, 15) is 0 Å². The Kier molecular flexibility index (Phi) is 5.74. The fraction of sp³-hybridized carbons (Fsp3) is 0.0909. The lowest BCUT2D eigenvalue weighted by Gasteiger charge is -2.07. The smallest absolute Gasteiger partial charge is 0.247 e. The number of benzene rings is 3. The molecule has 0 atom stereocenters. The molecule has 0 radical (unpaired) electrons. The summed E-state index contributed by atoms with van der Waals surface area (Å²) in [6, 6.07) is 23.3. The molecular formula is C22H16BrClN2O2. The lowest BCUT2D eigenvalue weighted by Crippen LogP contribution is -1.95. The molecule has 4 rings (SSSR count). The zero-order chi connectivity index (χ0) is 19.3. The Morgan fingerprint density at radius 2 is 1.71 bits per heavy atom. The quantitative estimate of drug-likeness (QED) is 0.341. The summed E-state index contributed by atoms with van der Waals surface area (Å²) in [7, 11) is 0. The Hall–Kier alpha value is -2.63. The maximum Gasteiger partial charge on any atom is 0.247 e. The maximum atomic E-state index is 6.03. The van der Waals surface area contributed by atoms with Crippen molar-refractivity contribution < 1.29 is 9.15 Å². The summed E-state index contributed by atoms with van der Waals surface area (Å²) in [4.78, 5) is 0. The van der Waals surface area contributed by atoms with E-state index in [2.05, 4.69) is 26.1 Å². The molecule has 28 heavy (non-hydrogen) atoms. The minimum absolute atomic E-state index is 0.452. The number of aromatic nitrogens is 2. The van der Waals surface area contributed by atoms with E-state index < -0.39 is 0 Å². The van der Waals surface area contributed by atoms with Crippen molar-refractivity contribution in [1.82, 2.24) is 10.2 Å². The van der Waals surface area contributed by atoms with Crippen LogP contribution in [0.2, 0.25) is 5.02 Å². The SMILES string of the molecule is Clc1cccc(Cc2nnc(-c3cccc(COc4cccc(Br)c4)c3)o2)c1. The first-order chi connectivity index (χ1) is 13.7. The van der Waals surface area contributed by atoms with Gasteiger partial charge >= 0.3 is 0 Å². The molecular weight excluding hydrogens is 440 g/mol. The van der Waals surface area contributed by atoms with E-state index in [1.807, 2.05) is 72.8 Å². The molecule has 0 saturated carbocycles. The molecule has 0 aliphatic carbocycles.